The molecule has 0 aliphatic heterocycles. The first kappa shape index (κ1) is 24.1. The van der Waals surface area contributed by atoms with Gasteiger partial charge in [-0.05, 0) is 135 Å². The number of hydrogen-bond donors (Lipinski definition) is 1. The van der Waals surface area contributed by atoms with Crippen LogP contribution < -0.4 is 0 Å². The fourth-order valence-corrected chi connectivity index (χ4v) is 11.8. The summed E-state index contributed by atoms with van der Waals surface area (Å²) >= 11 is 0. The van der Waals surface area contributed by atoms with Crippen molar-refractivity contribution in [3.8, 4) is 0 Å². The van der Waals surface area contributed by atoms with Crippen molar-refractivity contribution in [2.45, 2.75) is 119 Å². The van der Waals surface area contributed by atoms with E-state index < -0.39 is 0 Å². The second kappa shape index (κ2) is 7.47. The lowest BCUT2D eigenvalue weighted by molar-refractivity contribution is -0.244. The first-order chi connectivity index (χ1) is 15.4. The van der Waals surface area contributed by atoms with Gasteiger partial charge in [-0.2, -0.15) is 0 Å². The Morgan fingerprint density at radius 3 is 2.21 bits per heavy atom. The molecule has 0 heterocycles. The van der Waals surface area contributed by atoms with Gasteiger partial charge in [0, 0.05) is 0 Å². The molecule has 186 valence electrons. The van der Waals surface area contributed by atoms with E-state index in [1.54, 1.807) is 0 Å². The topological polar surface area (TPSA) is 20.2 Å². The third-order valence-electron chi connectivity index (χ3n) is 13.6. The van der Waals surface area contributed by atoms with Gasteiger partial charge in [-0.25, -0.2) is 0 Å². The highest BCUT2D eigenvalue weighted by atomic mass is 16.3. The van der Waals surface area contributed by atoms with E-state index in [2.05, 4.69) is 67.2 Å². The molecule has 0 spiro atoms. The van der Waals surface area contributed by atoms with Crippen LogP contribution in [0.2, 0.25) is 0 Å². The van der Waals surface area contributed by atoms with Crippen LogP contribution in [0.1, 0.15) is 113 Å². The van der Waals surface area contributed by atoms with Gasteiger partial charge in [0.2, 0.25) is 0 Å². The van der Waals surface area contributed by atoms with Crippen molar-refractivity contribution in [1.82, 2.24) is 0 Å². The number of aliphatic hydroxyl groups is 1. The van der Waals surface area contributed by atoms with E-state index in [4.69, 9.17) is 0 Å². The van der Waals surface area contributed by atoms with Crippen LogP contribution in [0.3, 0.4) is 0 Å². The minimum atomic E-state index is -0.127. The average molecular weight is 453 g/mol. The van der Waals surface area contributed by atoms with Gasteiger partial charge in [0.05, 0.1) is 6.10 Å². The second-order valence-electron chi connectivity index (χ2n) is 14.8. The van der Waals surface area contributed by atoms with Gasteiger partial charge in [-0.15, -0.1) is 0 Å². The molecule has 0 radical (unpaired) electrons. The first-order valence-corrected chi connectivity index (χ1v) is 14.3. The molecule has 0 amide bonds. The van der Waals surface area contributed by atoms with Crippen molar-refractivity contribution in [1.29, 1.82) is 0 Å². The molecule has 0 saturated heterocycles. The summed E-state index contributed by atoms with van der Waals surface area (Å²) in [6.45, 7) is 21.9. The summed E-state index contributed by atoms with van der Waals surface area (Å²) in [7, 11) is 0. The highest BCUT2D eigenvalue weighted by Crippen LogP contribution is 2.77. The zero-order valence-electron chi connectivity index (χ0n) is 22.8. The van der Waals surface area contributed by atoms with Gasteiger partial charge in [0.1, 0.15) is 0 Å². The molecule has 10 atom stereocenters. The van der Waals surface area contributed by atoms with Crippen LogP contribution in [-0.2, 0) is 0 Å². The quantitative estimate of drug-likeness (QED) is 0.416. The van der Waals surface area contributed by atoms with E-state index >= 15 is 0 Å². The summed E-state index contributed by atoms with van der Waals surface area (Å²) in [6, 6.07) is 0. The summed E-state index contributed by atoms with van der Waals surface area (Å²) in [4.78, 5) is 0. The summed E-state index contributed by atoms with van der Waals surface area (Å²) in [5, 5.41) is 10.9. The summed E-state index contributed by atoms with van der Waals surface area (Å²) in [5.41, 5.74) is 3.15. The van der Waals surface area contributed by atoms with E-state index in [9.17, 15) is 5.11 Å². The molecule has 0 aromatic carbocycles. The van der Waals surface area contributed by atoms with E-state index in [-0.39, 0.29) is 11.5 Å². The van der Waals surface area contributed by atoms with Crippen molar-refractivity contribution in [2.75, 3.05) is 0 Å². The van der Waals surface area contributed by atoms with Crippen LogP contribution in [-0.4, -0.2) is 11.2 Å². The van der Waals surface area contributed by atoms with Gasteiger partial charge in [-0.1, -0.05) is 58.9 Å². The zero-order chi connectivity index (χ0) is 24.0. The molecule has 1 N–H and O–H groups in total. The number of rotatable bonds is 2. The zero-order valence-corrected chi connectivity index (χ0v) is 22.8. The van der Waals surface area contributed by atoms with E-state index in [1.165, 1.54) is 63.4 Å². The Morgan fingerprint density at radius 1 is 0.818 bits per heavy atom. The number of hydrogen-bond acceptors (Lipinski definition) is 1. The Labute approximate surface area is 204 Å². The highest BCUT2D eigenvalue weighted by Gasteiger charge is 2.70. The van der Waals surface area contributed by atoms with E-state index in [0.29, 0.717) is 33.5 Å². The van der Waals surface area contributed by atoms with Crippen LogP contribution in [0.5, 0.6) is 0 Å². The van der Waals surface area contributed by atoms with Crippen molar-refractivity contribution in [3.05, 3.63) is 24.3 Å². The third-order valence-corrected chi connectivity index (χ3v) is 13.6. The number of allylic oxidation sites excluding steroid dienone is 3. The van der Waals surface area contributed by atoms with Crippen LogP contribution in [0.25, 0.3) is 0 Å². The van der Waals surface area contributed by atoms with Gasteiger partial charge >= 0.3 is 0 Å². The smallest absolute Gasteiger partial charge is 0.0594 e. The fraction of sp³-hybridized carbons (Fsp3) is 0.875. The minimum absolute atomic E-state index is 0.0518. The first-order valence-electron chi connectivity index (χ1n) is 14.3. The molecule has 5 saturated carbocycles. The van der Waals surface area contributed by atoms with Crippen molar-refractivity contribution < 1.29 is 5.11 Å². The predicted octanol–water partition coefficient (Wildman–Crippen LogP) is 8.58. The normalized spacial score (nSPS) is 55.4. The predicted molar refractivity (Wildman–Crippen MR) is 140 cm³/mol. The Hall–Kier alpha value is -0.560. The molecule has 5 rings (SSSR count). The van der Waals surface area contributed by atoms with Gasteiger partial charge in [0.15, 0.2) is 0 Å². The summed E-state index contributed by atoms with van der Waals surface area (Å²) in [6.07, 6.45) is 18.1. The van der Waals surface area contributed by atoms with Crippen molar-refractivity contribution >= 4 is 0 Å². The molecule has 5 fully saturated rings. The standard InChI is InChI=1S/C32H52O/c1-9-15-32-18-12-22(21(2)3)27(32)23-10-11-25-29(6)16-14-26(33)28(4,5)24(29)13-17-31(25,8)30(23,7)19-20-32/h9,15,22-27,33H,2,10-14,16-20H2,1,3-8H3/b15-9+/t22?,23?,24?,25?,26-,27?,29-,30+,31+,32+/m0/s1. The van der Waals surface area contributed by atoms with Gasteiger partial charge in [-0.3, -0.25) is 0 Å². The number of aliphatic hydroxyl groups excluding tert-OH is 1. The molecule has 1 nitrogen and oxygen atoms in total. The fourth-order valence-electron chi connectivity index (χ4n) is 11.8. The molecule has 0 bridgehead atoms. The Balaban J connectivity index is 1.56. The maximum atomic E-state index is 10.9. The Morgan fingerprint density at radius 2 is 1.55 bits per heavy atom. The Bertz CT molecular complexity index is 837. The van der Waals surface area contributed by atoms with Crippen LogP contribution in [0, 0.1) is 56.7 Å². The molecular weight excluding hydrogens is 400 g/mol. The van der Waals surface area contributed by atoms with Crippen LogP contribution in [0.15, 0.2) is 24.3 Å². The van der Waals surface area contributed by atoms with Crippen LogP contribution >= 0.6 is 0 Å². The second-order valence-corrected chi connectivity index (χ2v) is 14.8. The lowest BCUT2D eigenvalue weighted by Crippen LogP contribution is -2.66. The highest BCUT2D eigenvalue weighted by molar-refractivity contribution is 5.24. The summed E-state index contributed by atoms with van der Waals surface area (Å²) < 4.78 is 0. The lowest BCUT2D eigenvalue weighted by Gasteiger charge is -2.73. The largest absolute Gasteiger partial charge is 0.393 e. The van der Waals surface area contributed by atoms with Crippen LogP contribution in [0.4, 0.5) is 0 Å². The molecule has 0 aromatic heterocycles. The maximum Gasteiger partial charge on any atom is 0.0594 e. The lowest BCUT2D eigenvalue weighted by atomic mass is 9.32. The van der Waals surface area contributed by atoms with Gasteiger partial charge in [0.25, 0.3) is 0 Å². The summed E-state index contributed by atoms with van der Waals surface area (Å²) in [5.74, 6) is 3.79. The number of fused-ring (bicyclic) bond motifs is 7. The van der Waals surface area contributed by atoms with Crippen molar-refractivity contribution in [2.24, 2.45) is 56.7 Å². The van der Waals surface area contributed by atoms with Gasteiger partial charge < -0.3 is 5.11 Å². The Kier molecular flexibility index (Phi) is 5.47. The third kappa shape index (κ3) is 2.93. The molecule has 5 aliphatic carbocycles. The van der Waals surface area contributed by atoms with E-state index in [0.717, 1.165) is 24.2 Å². The maximum absolute atomic E-state index is 10.9. The average Bonchev–Trinajstić information content (AvgIpc) is 3.12. The monoisotopic (exact) mass is 452 g/mol. The van der Waals surface area contributed by atoms with Crippen molar-refractivity contribution in [3.63, 3.8) is 0 Å². The molecule has 1 heteroatoms. The molecule has 0 aromatic rings. The SMILES string of the molecule is C=C(C)C1CC[C@]2(/C=C/C)CC[C@]3(C)C(CCC4[C@@]5(C)CC[C@H](O)C(C)(C)C5CC[C@]43C)C12. The molecule has 5 aliphatic rings. The van der Waals surface area contributed by atoms with E-state index in [1.807, 2.05) is 0 Å². The minimum Gasteiger partial charge on any atom is -0.393 e. The molecule has 33 heavy (non-hydrogen) atoms. The molecular formula is C32H52O. The molecule has 5 unspecified atom stereocenters.